The number of nitrogens with one attached hydrogen (secondary N) is 1. The molecule has 0 spiro atoms. The van der Waals surface area contributed by atoms with Crippen molar-refractivity contribution in [3.8, 4) is 5.75 Å². The summed E-state index contributed by atoms with van der Waals surface area (Å²) in [6, 6.07) is 12.8. The summed E-state index contributed by atoms with van der Waals surface area (Å²) in [4.78, 5) is 13.5. The minimum atomic E-state index is -3.82. The van der Waals surface area contributed by atoms with Gasteiger partial charge in [-0.2, -0.15) is 0 Å². The van der Waals surface area contributed by atoms with Gasteiger partial charge in [0.2, 0.25) is 5.91 Å². The van der Waals surface area contributed by atoms with Crippen molar-refractivity contribution in [2.45, 2.75) is 55.7 Å². The number of ether oxygens (including phenoxy) is 1. The number of amides is 1. The van der Waals surface area contributed by atoms with Crippen molar-refractivity contribution in [3.05, 3.63) is 59.2 Å². The van der Waals surface area contributed by atoms with Crippen LogP contribution in [0.5, 0.6) is 5.75 Å². The number of carbonyl (C=O) groups excluding carboxylic acids is 1. The van der Waals surface area contributed by atoms with Gasteiger partial charge in [0, 0.05) is 12.1 Å². The van der Waals surface area contributed by atoms with E-state index in [0.29, 0.717) is 24.2 Å². The fraction of sp³-hybridized carbons (Fsp3) is 0.409. The van der Waals surface area contributed by atoms with Crippen LogP contribution in [-0.2, 0) is 21.2 Å². The summed E-state index contributed by atoms with van der Waals surface area (Å²) in [5.41, 5.74) is 2.36. The first kappa shape index (κ1) is 20.4. The first-order valence-electron chi connectivity index (χ1n) is 9.54. The molecule has 0 aliphatic heterocycles. The highest BCUT2D eigenvalue weighted by molar-refractivity contribution is 7.93. The second-order valence-corrected chi connectivity index (χ2v) is 9.70. The monoisotopic (exact) mass is 401 g/mol. The summed E-state index contributed by atoms with van der Waals surface area (Å²) in [5.74, 6) is 0.248. The lowest BCUT2D eigenvalue weighted by Crippen LogP contribution is -2.50. The molecule has 0 bridgehead atoms. The minimum absolute atomic E-state index is 0.229. The van der Waals surface area contributed by atoms with Crippen molar-refractivity contribution in [1.29, 1.82) is 0 Å². The lowest BCUT2D eigenvalue weighted by molar-refractivity contribution is -0.123. The first-order chi connectivity index (χ1) is 13.3. The molecule has 0 heterocycles. The Morgan fingerprint density at radius 3 is 2.46 bits per heavy atom. The van der Waals surface area contributed by atoms with Crippen LogP contribution in [0.15, 0.2) is 47.4 Å². The number of hydrogen-bond donors (Lipinski definition) is 1. The summed E-state index contributed by atoms with van der Waals surface area (Å²) in [7, 11) is -2.24. The average Bonchev–Trinajstić information content (AvgIpc) is 3.20. The van der Waals surface area contributed by atoms with E-state index in [0.717, 1.165) is 24.0 Å². The van der Waals surface area contributed by atoms with E-state index < -0.39 is 20.5 Å². The van der Waals surface area contributed by atoms with Crippen molar-refractivity contribution < 1.29 is 17.9 Å². The first-order valence-corrected chi connectivity index (χ1v) is 11.0. The fourth-order valence-electron chi connectivity index (χ4n) is 3.96. The Kier molecular flexibility index (Phi) is 5.79. The summed E-state index contributed by atoms with van der Waals surface area (Å²) in [5, 5.41) is 2.87. The lowest BCUT2D eigenvalue weighted by atomic mass is 10.1. The van der Waals surface area contributed by atoms with Gasteiger partial charge in [0.15, 0.2) is 14.6 Å². The topological polar surface area (TPSA) is 72.5 Å². The molecule has 0 radical (unpaired) electrons. The Labute approximate surface area is 167 Å². The third-order valence-corrected chi connectivity index (χ3v) is 8.25. The van der Waals surface area contributed by atoms with Gasteiger partial charge in [-0.3, -0.25) is 4.79 Å². The van der Waals surface area contributed by atoms with Gasteiger partial charge in [-0.25, -0.2) is 8.42 Å². The smallest absolute Gasteiger partial charge is 0.242 e. The van der Waals surface area contributed by atoms with Gasteiger partial charge in [-0.05, 0) is 49.9 Å². The molecule has 1 saturated carbocycles. The van der Waals surface area contributed by atoms with E-state index in [9.17, 15) is 13.2 Å². The minimum Gasteiger partial charge on any atom is -0.496 e. The average molecular weight is 402 g/mol. The van der Waals surface area contributed by atoms with E-state index in [2.05, 4.69) is 5.32 Å². The van der Waals surface area contributed by atoms with Gasteiger partial charge < -0.3 is 10.1 Å². The quantitative estimate of drug-likeness (QED) is 0.801. The molecule has 0 unspecified atom stereocenters. The van der Waals surface area contributed by atoms with Gasteiger partial charge in [-0.15, -0.1) is 0 Å². The third-order valence-electron chi connectivity index (χ3n) is 5.60. The Bertz CT molecular complexity index is 976. The molecule has 2 aromatic carbocycles. The maximum absolute atomic E-state index is 13.6. The predicted octanol–water partition coefficient (Wildman–Crippen LogP) is 3.71. The van der Waals surface area contributed by atoms with Crippen molar-refractivity contribution in [1.82, 2.24) is 5.32 Å². The largest absolute Gasteiger partial charge is 0.496 e. The van der Waals surface area contributed by atoms with E-state index in [-0.39, 0.29) is 11.4 Å². The molecule has 1 aliphatic rings. The van der Waals surface area contributed by atoms with E-state index in [1.54, 1.807) is 26.2 Å². The molecule has 1 amide bonds. The maximum Gasteiger partial charge on any atom is 0.242 e. The fourth-order valence-corrected chi connectivity index (χ4v) is 6.35. The summed E-state index contributed by atoms with van der Waals surface area (Å²) < 4.78 is 31.2. The van der Waals surface area contributed by atoms with Gasteiger partial charge in [-0.1, -0.05) is 43.2 Å². The number of hydrogen-bond acceptors (Lipinski definition) is 4. The number of methoxy groups -OCH3 is 1. The molecular weight excluding hydrogens is 374 g/mol. The molecule has 5 nitrogen and oxygen atoms in total. The third kappa shape index (κ3) is 3.53. The summed E-state index contributed by atoms with van der Waals surface area (Å²) in [6.45, 7) is 3.87. The summed E-state index contributed by atoms with van der Waals surface area (Å²) >= 11 is 0. The molecule has 0 atom stereocenters. The van der Waals surface area contributed by atoms with Crippen molar-refractivity contribution in [3.63, 3.8) is 0 Å². The van der Waals surface area contributed by atoms with Crippen LogP contribution in [0, 0.1) is 13.8 Å². The highest BCUT2D eigenvalue weighted by atomic mass is 32.2. The van der Waals surface area contributed by atoms with Crippen LogP contribution < -0.4 is 10.1 Å². The van der Waals surface area contributed by atoms with Gasteiger partial charge in [0.25, 0.3) is 0 Å². The number of sulfone groups is 1. The molecule has 0 saturated heterocycles. The number of carbonyl (C=O) groups is 1. The van der Waals surface area contributed by atoms with E-state index >= 15 is 0 Å². The standard InChI is InChI=1S/C22H27NO4S/c1-16-10-11-17(2)20(14-16)28(25,26)22(12-6-7-13-22)21(24)23-15-18-8-4-5-9-19(18)27-3/h4-5,8-11,14H,6-7,12-13,15H2,1-3H3,(H,23,24). The number of aryl methyl sites for hydroxylation is 2. The molecule has 28 heavy (non-hydrogen) atoms. The van der Waals surface area contributed by atoms with Crippen LogP contribution in [0.25, 0.3) is 0 Å². The van der Waals surface area contributed by atoms with Crippen LogP contribution in [0.3, 0.4) is 0 Å². The number of rotatable bonds is 6. The summed E-state index contributed by atoms with van der Waals surface area (Å²) in [6.07, 6.45) is 2.15. The Hall–Kier alpha value is -2.34. The highest BCUT2D eigenvalue weighted by Crippen LogP contribution is 2.42. The highest BCUT2D eigenvalue weighted by Gasteiger charge is 2.53. The Balaban J connectivity index is 1.93. The zero-order chi connectivity index (χ0) is 20.4. The molecule has 0 aromatic heterocycles. The number of para-hydroxylation sites is 1. The van der Waals surface area contributed by atoms with Gasteiger partial charge in [0.05, 0.1) is 12.0 Å². The van der Waals surface area contributed by atoms with Crippen LogP contribution in [-0.4, -0.2) is 26.2 Å². The van der Waals surface area contributed by atoms with Crippen LogP contribution in [0.4, 0.5) is 0 Å². The van der Waals surface area contributed by atoms with E-state index in [4.69, 9.17) is 4.74 Å². The molecule has 1 N–H and O–H groups in total. The van der Waals surface area contributed by atoms with Crippen LogP contribution in [0.2, 0.25) is 0 Å². The molecule has 1 fully saturated rings. The Morgan fingerprint density at radius 2 is 1.79 bits per heavy atom. The van der Waals surface area contributed by atoms with Crippen LogP contribution >= 0.6 is 0 Å². The SMILES string of the molecule is COc1ccccc1CNC(=O)C1(S(=O)(=O)c2cc(C)ccc2C)CCCC1. The zero-order valence-corrected chi connectivity index (χ0v) is 17.4. The van der Waals surface area contributed by atoms with Gasteiger partial charge >= 0.3 is 0 Å². The predicted molar refractivity (Wildman–Crippen MR) is 109 cm³/mol. The van der Waals surface area contributed by atoms with Crippen molar-refractivity contribution in [2.75, 3.05) is 7.11 Å². The van der Waals surface area contributed by atoms with E-state index in [1.165, 1.54) is 0 Å². The molecule has 1 aliphatic carbocycles. The zero-order valence-electron chi connectivity index (χ0n) is 16.6. The normalized spacial score (nSPS) is 16.0. The van der Waals surface area contributed by atoms with Crippen molar-refractivity contribution >= 4 is 15.7 Å². The molecule has 6 heteroatoms. The lowest BCUT2D eigenvalue weighted by Gasteiger charge is -2.28. The van der Waals surface area contributed by atoms with Crippen molar-refractivity contribution in [2.24, 2.45) is 0 Å². The second kappa shape index (κ2) is 7.95. The molecule has 3 rings (SSSR count). The second-order valence-electron chi connectivity index (χ2n) is 7.47. The van der Waals surface area contributed by atoms with Gasteiger partial charge in [0.1, 0.15) is 5.75 Å². The molecule has 2 aromatic rings. The molecule has 150 valence electrons. The Morgan fingerprint density at radius 1 is 1.11 bits per heavy atom. The number of benzene rings is 2. The van der Waals surface area contributed by atoms with E-state index in [1.807, 2.05) is 37.3 Å². The maximum atomic E-state index is 13.6. The van der Waals surface area contributed by atoms with Crippen LogP contribution in [0.1, 0.15) is 42.4 Å². The molecular formula is C22H27NO4S.